The Morgan fingerprint density at radius 1 is 0.529 bits per heavy atom. The van der Waals surface area contributed by atoms with Gasteiger partial charge in [-0.1, -0.05) is 59.8 Å². The monoisotopic (exact) mass is 496 g/mol. The fraction of sp³-hybridized carbons (Fsp3) is 1.00. The third kappa shape index (κ3) is 9.94. The quantitative estimate of drug-likeness (QED) is 0.384. The normalized spacial score (nSPS) is 45.0. The zero-order valence-electron chi connectivity index (χ0n) is 23.3. The lowest BCUT2D eigenvalue weighted by molar-refractivity contribution is -0.0928. The summed E-state index contributed by atoms with van der Waals surface area (Å²) in [7, 11) is 0. The largest absolute Gasteiger partial charge is 0.381 e. The van der Waals surface area contributed by atoms with Crippen LogP contribution in [-0.2, 0) is 14.2 Å². The Hall–Kier alpha value is 0.230. The second-order valence-corrected chi connectivity index (χ2v) is 14.4. The molecular weight excluding hydrogens is 440 g/mol. The van der Waals surface area contributed by atoms with Crippen molar-refractivity contribution in [1.29, 1.82) is 0 Å². The zero-order valence-corrected chi connectivity index (χ0v) is 24.1. The molecule has 0 aromatic rings. The van der Waals surface area contributed by atoms with Gasteiger partial charge in [-0.3, -0.25) is 0 Å². The van der Waals surface area contributed by atoms with Crippen LogP contribution in [0.2, 0.25) is 0 Å². The summed E-state index contributed by atoms with van der Waals surface area (Å²) < 4.78 is 17.9. The molecule has 4 saturated heterocycles. The summed E-state index contributed by atoms with van der Waals surface area (Å²) in [6, 6.07) is 0. The molecule has 8 atom stereocenters. The zero-order chi connectivity index (χ0) is 24.5. The third-order valence-corrected chi connectivity index (χ3v) is 10.2. The third-order valence-electron chi connectivity index (χ3n) is 8.84. The molecule has 0 spiro atoms. The Morgan fingerprint density at radius 3 is 1.29 bits per heavy atom. The summed E-state index contributed by atoms with van der Waals surface area (Å²) in [6.45, 7) is 15.5. The summed E-state index contributed by atoms with van der Waals surface area (Å²) in [5.41, 5.74) is 0. The fourth-order valence-electron chi connectivity index (χ4n) is 6.43. The van der Waals surface area contributed by atoms with E-state index in [2.05, 4.69) is 53.3 Å². The lowest BCUT2D eigenvalue weighted by atomic mass is 9.84. The van der Waals surface area contributed by atoms with E-state index in [0.717, 1.165) is 35.5 Å². The van der Waals surface area contributed by atoms with Gasteiger partial charge in [0.1, 0.15) is 0 Å². The van der Waals surface area contributed by atoms with Gasteiger partial charge in [-0.25, -0.2) is 0 Å². The van der Waals surface area contributed by atoms with Gasteiger partial charge in [0.2, 0.25) is 0 Å². The summed E-state index contributed by atoms with van der Waals surface area (Å²) in [5.74, 6) is 3.22. The highest BCUT2D eigenvalue weighted by Gasteiger charge is 2.38. The van der Waals surface area contributed by atoms with Crippen molar-refractivity contribution in [3.63, 3.8) is 0 Å². The molecule has 200 valence electrons. The Balaban J connectivity index is 0.000000168. The van der Waals surface area contributed by atoms with Gasteiger partial charge < -0.3 is 14.2 Å². The molecule has 1 saturated carbocycles. The van der Waals surface area contributed by atoms with E-state index in [1.54, 1.807) is 0 Å². The summed E-state index contributed by atoms with van der Waals surface area (Å²) in [6.07, 6.45) is 18.1. The van der Waals surface area contributed by atoms with E-state index >= 15 is 0 Å². The molecule has 4 aliphatic heterocycles. The molecule has 5 rings (SSSR count). The van der Waals surface area contributed by atoms with E-state index in [9.17, 15) is 0 Å². The molecule has 0 aromatic carbocycles. The van der Waals surface area contributed by atoms with Crippen molar-refractivity contribution >= 4 is 11.8 Å². The van der Waals surface area contributed by atoms with Crippen LogP contribution in [0.15, 0.2) is 0 Å². The number of ether oxygens (including phenoxy) is 3. The van der Waals surface area contributed by atoms with Crippen molar-refractivity contribution in [2.24, 2.45) is 23.7 Å². The molecule has 0 amide bonds. The second-order valence-electron chi connectivity index (χ2n) is 12.5. The van der Waals surface area contributed by atoms with Crippen LogP contribution < -0.4 is 0 Å². The molecule has 34 heavy (non-hydrogen) atoms. The number of hydrogen-bond acceptors (Lipinski definition) is 4. The van der Waals surface area contributed by atoms with Gasteiger partial charge in [-0.2, -0.15) is 11.8 Å². The first-order valence-electron chi connectivity index (χ1n) is 14.8. The van der Waals surface area contributed by atoms with Gasteiger partial charge >= 0.3 is 0 Å². The molecule has 4 unspecified atom stereocenters. The molecule has 5 aliphatic rings. The van der Waals surface area contributed by atoms with Crippen LogP contribution in [0.4, 0.5) is 0 Å². The van der Waals surface area contributed by atoms with E-state index < -0.39 is 0 Å². The summed E-state index contributed by atoms with van der Waals surface area (Å²) >= 11 is 2.14. The minimum absolute atomic E-state index is 0.432. The van der Waals surface area contributed by atoms with Crippen molar-refractivity contribution in [3.05, 3.63) is 0 Å². The smallest absolute Gasteiger partial charge is 0.0630 e. The van der Waals surface area contributed by atoms with Crippen molar-refractivity contribution in [3.8, 4) is 0 Å². The molecule has 1 aliphatic carbocycles. The highest BCUT2D eigenvalue weighted by Crippen LogP contribution is 2.36. The molecule has 0 N–H and O–H groups in total. The number of thioether (sulfide) groups is 1. The average molecular weight is 497 g/mol. The van der Waals surface area contributed by atoms with E-state index in [-0.39, 0.29) is 0 Å². The lowest BCUT2D eigenvalue weighted by Gasteiger charge is -2.35. The molecule has 3 nitrogen and oxygen atoms in total. The average Bonchev–Trinajstić information content (AvgIpc) is 3.45. The molecule has 0 aromatic heterocycles. The van der Waals surface area contributed by atoms with Crippen molar-refractivity contribution in [2.45, 2.75) is 154 Å². The van der Waals surface area contributed by atoms with Gasteiger partial charge in [0.15, 0.2) is 0 Å². The maximum atomic E-state index is 6.01. The molecule has 0 radical (unpaired) electrons. The van der Waals surface area contributed by atoms with Gasteiger partial charge in [0.25, 0.3) is 0 Å². The number of hydrogen-bond donors (Lipinski definition) is 0. The van der Waals surface area contributed by atoms with E-state index in [0.29, 0.717) is 36.3 Å². The van der Waals surface area contributed by atoms with Crippen LogP contribution >= 0.6 is 11.8 Å². The summed E-state index contributed by atoms with van der Waals surface area (Å²) in [5, 5.41) is 1.86. The Morgan fingerprint density at radius 2 is 0.971 bits per heavy atom. The molecule has 4 heteroatoms. The predicted molar refractivity (Wildman–Crippen MR) is 147 cm³/mol. The minimum Gasteiger partial charge on any atom is -0.381 e. The van der Waals surface area contributed by atoms with Crippen LogP contribution in [0.25, 0.3) is 0 Å². The molecule has 4 heterocycles. The first kappa shape index (κ1) is 28.8. The van der Waals surface area contributed by atoms with Gasteiger partial charge in [0, 0.05) is 22.3 Å². The molecular formula is C30H56O3S. The van der Waals surface area contributed by atoms with E-state index in [1.807, 2.05) is 0 Å². The number of rotatable bonds is 2. The highest BCUT2D eigenvalue weighted by atomic mass is 32.2. The van der Waals surface area contributed by atoms with E-state index in [4.69, 9.17) is 14.2 Å². The predicted octanol–water partition coefficient (Wildman–Crippen LogP) is 8.29. The van der Waals surface area contributed by atoms with Crippen molar-refractivity contribution < 1.29 is 14.2 Å². The maximum Gasteiger partial charge on any atom is 0.0630 e. The van der Waals surface area contributed by atoms with Crippen LogP contribution in [0.5, 0.6) is 0 Å². The van der Waals surface area contributed by atoms with Crippen LogP contribution in [-0.4, -0.2) is 48.1 Å². The summed E-state index contributed by atoms with van der Waals surface area (Å²) in [4.78, 5) is 0. The Labute approximate surface area is 216 Å². The Kier molecular flexibility index (Phi) is 12.6. The maximum absolute atomic E-state index is 6.01. The fourth-order valence-corrected chi connectivity index (χ4v) is 7.83. The van der Waals surface area contributed by atoms with Crippen LogP contribution in [0.1, 0.15) is 119 Å². The topological polar surface area (TPSA) is 27.7 Å². The second kappa shape index (κ2) is 14.8. The standard InChI is InChI=1S/C15H26O3.C8H16.C7H14S/c1-10-3-5-14(17-10)12-7-13(9-16-8-12)15-6-4-11(2)18-15;1-7-3-5-8(2)6-4-7;1-6-4-3-5-7(2)8-6/h10-15H,3-9H2,1-2H3;7-8H,3-6H2,1-2H3;6-7H,3-5H2,1-2H3/t10-,11+,12?,13?,14?,15?;;6-,7+. The van der Waals surface area contributed by atoms with Gasteiger partial charge in [-0.05, 0) is 70.6 Å². The van der Waals surface area contributed by atoms with Gasteiger partial charge in [-0.15, -0.1) is 0 Å². The first-order chi connectivity index (χ1) is 16.3. The Bertz CT molecular complexity index is 505. The first-order valence-corrected chi connectivity index (χ1v) is 15.8. The SMILES string of the molecule is CC1CCC(C)CC1.C[C@@H]1CCC(C2COCC(C3CC[C@H](C)O3)C2)O1.C[C@@H]1CCC[C@H](C)S1. The van der Waals surface area contributed by atoms with Crippen molar-refractivity contribution in [1.82, 2.24) is 0 Å². The molecule has 0 bridgehead atoms. The lowest BCUT2D eigenvalue weighted by Crippen LogP contribution is -2.38. The van der Waals surface area contributed by atoms with Crippen LogP contribution in [0.3, 0.4) is 0 Å². The minimum atomic E-state index is 0.432. The van der Waals surface area contributed by atoms with Crippen LogP contribution in [0, 0.1) is 23.7 Å². The van der Waals surface area contributed by atoms with Gasteiger partial charge in [0.05, 0.1) is 37.6 Å². The molecule has 5 fully saturated rings. The highest BCUT2D eigenvalue weighted by molar-refractivity contribution is 8.00. The van der Waals surface area contributed by atoms with E-state index in [1.165, 1.54) is 77.0 Å². The van der Waals surface area contributed by atoms with Crippen molar-refractivity contribution in [2.75, 3.05) is 13.2 Å².